The number of hydrogen-bond acceptors (Lipinski definition) is 7. The summed E-state index contributed by atoms with van der Waals surface area (Å²) in [6, 6.07) is 12.0. The topological polar surface area (TPSA) is 104 Å². The van der Waals surface area contributed by atoms with E-state index in [4.69, 9.17) is 4.52 Å². The van der Waals surface area contributed by atoms with E-state index in [2.05, 4.69) is 42.9 Å². The quantitative estimate of drug-likeness (QED) is 0.617. The van der Waals surface area contributed by atoms with Gasteiger partial charge in [-0.05, 0) is 25.1 Å². The second-order valence-electron chi connectivity index (χ2n) is 7.26. The third kappa shape index (κ3) is 4.57. The van der Waals surface area contributed by atoms with Gasteiger partial charge in [0.2, 0.25) is 5.91 Å². The summed E-state index contributed by atoms with van der Waals surface area (Å²) in [6.45, 7) is 6.09. The molecule has 1 aliphatic heterocycles. The number of fused-ring (bicyclic) bond motifs is 1. The van der Waals surface area contributed by atoms with E-state index >= 15 is 0 Å². The van der Waals surface area contributed by atoms with E-state index in [9.17, 15) is 9.59 Å². The van der Waals surface area contributed by atoms with Crippen molar-refractivity contribution in [3.05, 3.63) is 53.9 Å². The summed E-state index contributed by atoms with van der Waals surface area (Å²) in [6.07, 6.45) is 1.70. The first kappa shape index (κ1) is 19.8. The van der Waals surface area contributed by atoms with Gasteiger partial charge in [0.25, 0.3) is 11.6 Å². The molecule has 0 atom stereocenters. The van der Waals surface area contributed by atoms with Crippen LogP contribution in [0.15, 0.2) is 47.1 Å². The molecule has 156 valence electrons. The van der Waals surface area contributed by atoms with Crippen molar-refractivity contribution >= 4 is 28.6 Å². The lowest BCUT2D eigenvalue weighted by Crippen LogP contribution is -2.48. The number of hydrogen-bond donors (Lipinski definition) is 2. The van der Waals surface area contributed by atoms with Gasteiger partial charge in [-0.25, -0.2) is 4.98 Å². The van der Waals surface area contributed by atoms with Gasteiger partial charge < -0.3 is 9.42 Å². The van der Waals surface area contributed by atoms with Crippen LogP contribution in [0.2, 0.25) is 0 Å². The number of para-hydroxylation sites is 1. The maximum absolute atomic E-state index is 12.3. The first-order chi connectivity index (χ1) is 14.6. The number of benzene rings is 1. The number of carbonyl (C=O) groups excluding carboxylic acids is 2. The Labute approximate surface area is 174 Å². The molecule has 2 N–H and O–H groups in total. The van der Waals surface area contributed by atoms with Gasteiger partial charge in [-0.3, -0.25) is 25.3 Å². The molecule has 30 heavy (non-hydrogen) atoms. The van der Waals surface area contributed by atoms with Gasteiger partial charge in [0.15, 0.2) is 0 Å². The Hall–Kier alpha value is -3.46. The Morgan fingerprint density at radius 3 is 2.63 bits per heavy atom. The predicted octanol–water partition coefficient (Wildman–Crippen LogP) is 1.50. The molecule has 0 spiro atoms. The van der Waals surface area contributed by atoms with Crippen LogP contribution < -0.4 is 15.8 Å². The van der Waals surface area contributed by atoms with Crippen molar-refractivity contribution in [3.8, 4) is 0 Å². The average Bonchev–Trinajstić information content (AvgIpc) is 3.17. The summed E-state index contributed by atoms with van der Waals surface area (Å²) in [5.74, 6) is -0.668. The molecule has 3 heterocycles. The summed E-state index contributed by atoms with van der Waals surface area (Å²) >= 11 is 0. The lowest BCUT2D eigenvalue weighted by Gasteiger charge is -2.36. The Morgan fingerprint density at radius 1 is 1.10 bits per heavy atom. The first-order valence-electron chi connectivity index (χ1n) is 9.94. The zero-order valence-electron chi connectivity index (χ0n) is 16.8. The summed E-state index contributed by atoms with van der Waals surface area (Å²) in [5, 5.41) is 4.48. The summed E-state index contributed by atoms with van der Waals surface area (Å²) in [7, 11) is 0. The summed E-state index contributed by atoms with van der Waals surface area (Å²) < 4.78 is 5.03. The highest BCUT2D eigenvalue weighted by atomic mass is 16.5. The van der Waals surface area contributed by atoms with Crippen molar-refractivity contribution in [2.45, 2.75) is 13.3 Å². The molecular weight excluding hydrogens is 384 g/mol. The van der Waals surface area contributed by atoms with Crippen LogP contribution in [-0.2, 0) is 4.79 Å². The Bertz CT molecular complexity index is 1030. The molecule has 0 aliphatic carbocycles. The molecule has 0 saturated carbocycles. The summed E-state index contributed by atoms with van der Waals surface area (Å²) in [5.41, 5.74) is 7.49. The molecule has 0 radical (unpaired) electrons. The van der Waals surface area contributed by atoms with Crippen molar-refractivity contribution in [2.24, 2.45) is 0 Å². The number of rotatable bonds is 5. The number of hydrazine groups is 1. The minimum Gasteiger partial charge on any atom is -0.369 e. The summed E-state index contributed by atoms with van der Waals surface area (Å²) in [4.78, 5) is 33.1. The zero-order chi connectivity index (χ0) is 20.9. The Kier molecular flexibility index (Phi) is 5.89. The number of pyridine rings is 1. The molecule has 0 unspecified atom stereocenters. The third-order valence-corrected chi connectivity index (χ3v) is 5.24. The van der Waals surface area contributed by atoms with Crippen LogP contribution in [0, 0.1) is 6.92 Å². The number of nitrogens with one attached hydrogen (secondary N) is 2. The lowest BCUT2D eigenvalue weighted by atomic mass is 10.2. The van der Waals surface area contributed by atoms with E-state index in [0.29, 0.717) is 35.3 Å². The van der Waals surface area contributed by atoms with Crippen molar-refractivity contribution < 1.29 is 14.1 Å². The van der Waals surface area contributed by atoms with Crippen molar-refractivity contribution in [1.82, 2.24) is 25.9 Å². The largest absolute Gasteiger partial charge is 0.369 e. The van der Waals surface area contributed by atoms with Crippen LogP contribution in [-0.4, -0.2) is 59.6 Å². The van der Waals surface area contributed by atoms with Crippen LogP contribution >= 0.6 is 0 Å². The molecule has 9 heteroatoms. The molecule has 2 aromatic heterocycles. The number of amides is 2. The fourth-order valence-electron chi connectivity index (χ4n) is 3.46. The van der Waals surface area contributed by atoms with E-state index in [0.717, 1.165) is 26.2 Å². The minimum atomic E-state index is -0.435. The lowest BCUT2D eigenvalue weighted by molar-refractivity contribution is -0.122. The Morgan fingerprint density at radius 2 is 1.87 bits per heavy atom. The number of anilines is 1. The van der Waals surface area contributed by atoms with Crippen LogP contribution in [0.4, 0.5) is 5.69 Å². The smallest absolute Gasteiger partial charge is 0.271 e. The van der Waals surface area contributed by atoms with E-state index in [1.165, 1.54) is 11.9 Å². The minimum absolute atomic E-state index is 0.232. The molecule has 0 bridgehead atoms. The van der Waals surface area contributed by atoms with Gasteiger partial charge in [-0.15, -0.1) is 0 Å². The molecule has 4 rings (SSSR count). The number of carbonyl (C=O) groups is 2. The standard InChI is InChI=1S/C21H24N6O3/c1-15-18-13-16(14-22-21(18)30-25-15)20(29)24-23-19(28)7-8-26-9-11-27(12-10-26)17-5-3-2-4-6-17/h2-6,13-14H,7-12H2,1H3,(H,23,28)(H,24,29). The van der Waals surface area contributed by atoms with Crippen molar-refractivity contribution in [2.75, 3.05) is 37.6 Å². The van der Waals surface area contributed by atoms with E-state index in [1.807, 2.05) is 18.2 Å². The maximum Gasteiger partial charge on any atom is 0.271 e. The SMILES string of the molecule is Cc1noc2ncc(C(=O)NNC(=O)CCN3CCN(c4ccccc4)CC3)cc12. The fourth-order valence-corrected chi connectivity index (χ4v) is 3.46. The molecule has 1 saturated heterocycles. The molecule has 1 aliphatic rings. The highest BCUT2D eigenvalue weighted by molar-refractivity contribution is 5.97. The van der Waals surface area contributed by atoms with Crippen LogP contribution in [0.3, 0.4) is 0 Å². The van der Waals surface area contributed by atoms with Gasteiger partial charge in [-0.2, -0.15) is 0 Å². The third-order valence-electron chi connectivity index (χ3n) is 5.24. The van der Waals surface area contributed by atoms with E-state index in [1.54, 1.807) is 13.0 Å². The second-order valence-corrected chi connectivity index (χ2v) is 7.26. The van der Waals surface area contributed by atoms with Crippen LogP contribution in [0.25, 0.3) is 11.1 Å². The molecule has 2 amide bonds. The van der Waals surface area contributed by atoms with Gasteiger partial charge in [0, 0.05) is 51.0 Å². The first-order valence-corrected chi connectivity index (χ1v) is 9.94. The number of aryl methyl sites for hydroxylation is 1. The van der Waals surface area contributed by atoms with Gasteiger partial charge in [0.05, 0.1) is 16.6 Å². The van der Waals surface area contributed by atoms with Gasteiger partial charge >= 0.3 is 0 Å². The van der Waals surface area contributed by atoms with Gasteiger partial charge in [-0.1, -0.05) is 23.4 Å². The van der Waals surface area contributed by atoms with Gasteiger partial charge in [0.1, 0.15) is 0 Å². The fraction of sp³-hybridized carbons (Fsp3) is 0.333. The molecule has 3 aromatic rings. The van der Waals surface area contributed by atoms with E-state index < -0.39 is 5.91 Å². The Balaban J connectivity index is 1.19. The average molecular weight is 408 g/mol. The van der Waals surface area contributed by atoms with Crippen LogP contribution in [0.1, 0.15) is 22.5 Å². The number of nitrogens with zero attached hydrogens (tertiary/aromatic N) is 4. The second kappa shape index (κ2) is 8.91. The van der Waals surface area contributed by atoms with Crippen molar-refractivity contribution in [1.29, 1.82) is 0 Å². The molecule has 9 nitrogen and oxygen atoms in total. The van der Waals surface area contributed by atoms with Crippen LogP contribution in [0.5, 0.6) is 0 Å². The highest BCUT2D eigenvalue weighted by Gasteiger charge is 2.18. The van der Waals surface area contributed by atoms with Crippen molar-refractivity contribution in [3.63, 3.8) is 0 Å². The monoisotopic (exact) mass is 408 g/mol. The highest BCUT2D eigenvalue weighted by Crippen LogP contribution is 2.17. The molecule has 1 aromatic carbocycles. The normalized spacial score (nSPS) is 14.6. The zero-order valence-corrected chi connectivity index (χ0v) is 16.8. The number of aromatic nitrogens is 2. The van der Waals surface area contributed by atoms with E-state index in [-0.39, 0.29) is 5.91 Å². The maximum atomic E-state index is 12.3. The number of piperazine rings is 1. The predicted molar refractivity (Wildman–Crippen MR) is 112 cm³/mol. The molecular formula is C21H24N6O3. The molecule has 1 fully saturated rings.